The lowest BCUT2D eigenvalue weighted by Gasteiger charge is -2.23. The second-order valence-electron chi connectivity index (χ2n) is 4.59. The van der Waals surface area contributed by atoms with Crippen molar-refractivity contribution >= 4 is 27.9 Å². The van der Waals surface area contributed by atoms with Crippen LogP contribution < -0.4 is 21.1 Å². The quantitative estimate of drug-likeness (QED) is 0.806. The zero-order chi connectivity index (χ0) is 14.6. The summed E-state index contributed by atoms with van der Waals surface area (Å²) in [5, 5.41) is 0.893. The fraction of sp³-hybridized carbons (Fsp3) is 0.615. The maximum atomic E-state index is 11.4. The van der Waals surface area contributed by atoms with Crippen LogP contribution in [0.1, 0.15) is 43.8 Å². The number of rotatable bonds is 7. The Bertz CT molecular complexity index is 443. The molecular weight excluding hydrogens is 262 g/mol. The van der Waals surface area contributed by atoms with E-state index in [0.717, 1.165) is 24.5 Å². The first-order chi connectivity index (χ1) is 8.92. The fourth-order valence-corrected chi connectivity index (χ4v) is 2.93. The third-order valence-corrected chi connectivity index (χ3v) is 3.88. The predicted molar refractivity (Wildman–Crippen MR) is 81.2 cm³/mol. The van der Waals surface area contributed by atoms with Crippen LogP contribution in [-0.4, -0.2) is 25.1 Å². The summed E-state index contributed by atoms with van der Waals surface area (Å²) in [6.07, 6.45) is 1.01. The fourth-order valence-electron chi connectivity index (χ4n) is 1.83. The summed E-state index contributed by atoms with van der Waals surface area (Å²) in [5.41, 5.74) is 11.7. The van der Waals surface area contributed by atoms with Crippen molar-refractivity contribution < 1.29 is 9.53 Å². The molecule has 108 valence electrons. The molecule has 0 bridgehead atoms. The van der Waals surface area contributed by atoms with Crippen LogP contribution in [0.25, 0.3) is 0 Å². The molecule has 1 amide bonds. The molecule has 19 heavy (non-hydrogen) atoms. The Kier molecular flexibility index (Phi) is 5.47. The molecule has 0 aliphatic heterocycles. The molecule has 0 atom stereocenters. The maximum absolute atomic E-state index is 11.4. The lowest BCUT2D eigenvalue weighted by molar-refractivity contribution is 0.100. The van der Waals surface area contributed by atoms with Crippen LogP contribution in [0.2, 0.25) is 0 Å². The first kappa shape index (κ1) is 15.6. The zero-order valence-electron chi connectivity index (χ0n) is 12.0. The Morgan fingerprint density at radius 1 is 1.42 bits per heavy atom. The van der Waals surface area contributed by atoms with Crippen molar-refractivity contribution in [2.24, 2.45) is 5.73 Å². The average molecular weight is 285 g/mol. The van der Waals surface area contributed by atoms with Crippen LogP contribution in [0.3, 0.4) is 0 Å². The standard InChI is InChI=1S/C13H23N3O2S/c1-5-7-16(6-2)13-10(18-8(3)4)9(14)11(19-13)12(15)17/h8H,5-7,14H2,1-4H3,(H2,15,17). The second kappa shape index (κ2) is 6.65. The third kappa shape index (κ3) is 3.53. The molecule has 0 aromatic carbocycles. The molecule has 5 nitrogen and oxygen atoms in total. The van der Waals surface area contributed by atoms with Crippen molar-refractivity contribution in [2.45, 2.75) is 40.2 Å². The van der Waals surface area contributed by atoms with Crippen molar-refractivity contribution in [2.75, 3.05) is 23.7 Å². The summed E-state index contributed by atoms with van der Waals surface area (Å²) in [6, 6.07) is 0. The van der Waals surface area contributed by atoms with Crippen molar-refractivity contribution in [3.63, 3.8) is 0 Å². The summed E-state index contributed by atoms with van der Waals surface area (Å²) in [6.45, 7) is 9.76. The van der Waals surface area contributed by atoms with Crippen LogP contribution in [0.15, 0.2) is 0 Å². The van der Waals surface area contributed by atoms with Gasteiger partial charge in [0.1, 0.15) is 15.6 Å². The number of hydrogen-bond donors (Lipinski definition) is 2. The van der Waals surface area contributed by atoms with Gasteiger partial charge in [0.25, 0.3) is 5.91 Å². The van der Waals surface area contributed by atoms with E-state index in [9.17, 15) is 4.79 Å². The number of nitrogens with two attached hydrogens (primary N) is 2. The molecule has 0 saturated heterocycles. The van der Waals surface area contributed by atoms with E-state index in [1.165, 1.54) is 11.3 Å². The van der Waals surface area contributed by atoms with Crippen LogP contribution >= 0.6 is 11.3 Å². The highest BCUT2D eigenvalue weighted by Gasteiger charge is 2.24. The Morgan fingerprint density at radius 3 is 2.47 bits per heavy atom. The van der Waals surface area contributed by atoms with E-state index in [0.29, 0.717) is 16.3 Å². The molecule has 1 aromatic heterocycles. The summed E-state index contributed by atoms with van der Waals surface area (Å²) >= 11 is 1.31. The van der Waals surface area contributed by atoms with Crippen LogP contribution in [0.5, 0.6) is 5.75 Å². The Morgan fingerprint density at radius 2 is 2.05 bits per heavy atom. The van der Waals surface area contributed by atoms with Gasteiger partial charge in [0.05, 0.1) is 6.10 Å². The van der Waals surface area contributed by atoms with Gasteiger partial charge in [-0.05, 0) is 27.2 Å². The normalized spacial score (nSPS) is 10.8. The molecule has 0 unspecified atom stereocenters. The number of primary amides is 1. The van der Waals surface area contributed by atoms with Gasteiger partial charge in [-0.3, -0.25) is 4.79 Å². The molecule has 0 saturated carbocycles. The molecule has 1 rings (SSSR count). The topological polar surface area (TPSA) is 81.6 Å². The van der Waals surface area contributed by atoms with Gasteiger partial charge in [-0.2, -0.15) is 0 Å². The van der Waals surface area contributed by atoms with Crippen LogP contribution in [-0.2, 0) is 0 Å². The lowest BCUT2D eigenvalue weighted by Crippen LogP contribution is -2.23. The summed E-state index contributed by atoms with van der Waals surface area (Å²) < 4.78 is 5.77. The number of anilines is 2. The highest BCUT2D eigenvalue weighted by Crippen LogP contribution is 2.45. The molecule has 1 heterocycles. The first-order valence-corrected chi connectivity index (χ1v) is 7.37. The highest BCUT2D eigenvalue weighted by atomic mass is 32.1. The number of nitrogens with zero attached hydrogens (tertiary/aromatic N) is 1. The Labute approximate surface area is 118 Å². The Hall–Kier alpha value is -1.43. The van der Waals surface area contributed by atoms with Gasteiger partial charge < -0.3 is 21.1 Å². The number of amides is 1. The summed E-state index contributed by atoms with van der Waals surface area (Å²) in [5.74, 6) is 0.0824. The molecule has 0 aliphatic carbocycles. The van der Waals surface area contributed by atoms with E-state index >= 15 is 0 Å². The predicted octanol–water partition coefficient (Wildman–Crippen LogP) is 2.45. The zero-order valence-corrected chi connectivity index (χ0v) is 12.8. The van der Waals surface area contributed by atoms with E-state index < -0.39 is 5.91 Å². The van der Waals surface area contributed by atoms with Gasteiger partial charge in [-0.15, -0.1) is 11.3 Å². The summed E-state index contributed by atoms with van der Waals surface area (Å²) in [4.78, 5) is 14.0. The van der Waals surface area contributed by atoms with Gasteiger partial charge in [-0.25, -0.2) is 0 Å². The molecular formula is C13H23N3O2S. The van der Waals surface area contributed by atoms with Crippen molar-refractivity contribution in [3.05, 3.63) is 4.88 Å². The molecule has 0 spiro atoms. The molecule has 0 fully saturated rings. The SMILES string of the molecule is CCCN(CC)c1sc(C(N)=O)c(N)c1OC(C)C. The number of carbonyl (C=O) groups excluding carboxylic acids is 1. The highest BCUT2D eigenvalue weighted by molar-refractivity contribution is 7.19. The number of hydrogen-bond acceptors (Lipinski definition) is 5. The number of nitrogen functional groups attached to an aromatic ring is 1. The van der Waals surface area contributed by atoms with Crippen LogP contribution in [0, 0.1) is 0 Å². The molecule has 4 N–H and O–H groups in total. The lowest BCUT2D eigenvalue weighted by atomic mass is 10.3. The minimum atomic E-state index is -0.505. The van der Waals surface area contributed by atoms with E-state index in [1.807, 2.05) is 13.8 Å². The molecule has 6 heteroatoms. The van der Waals surface area contributed by atoms with Crippen molar-refractivity contribution in [1.29, 1.82) is 0 Å². The maximum Gasteiger partial charge on any atom is 0.261 e. The van der Waals surface area contributed by atoms with Gasteiger partial charge in [0.15, 0.2) is 5.75 Å². The van der Waals surface area contributed by atoms with Gasteiger partial charge in [-0.1, -0.05) is 6.92 Å². The number of ether oxygens (including phenoxy) is 1. The van der Waals surface area contributed by atoms with E-state index in [4.69, 9.17) is 16.2 Å². The van der Waals surface area contributed by atoms with E-state index in [-0.39, 0.29) is 6.10 Å². The smallest absolute Gasteiger partial charge is 0.261 e. The largest absolute Gasteiger partial charge is 0.486 e. The summed E-state index contributed by atoms with van der Waals surface area (Å²) in [7, 11) is 0. The van der Waals surface area contributed by atoms with Crippen LogP contribution in [0.4, 0.5) is 10.7 Å². The molecule has 1 aromatic rings. The van der Waals surface area contributed by atoms with E-state index in [2.05, 4.69) is 18.7 Å². The van der Waals surface area contributed by atoms with Crippen molar-refractivity contribution in [1.82, 2.24) is 0 Å². The molecule has 0 aliphatic rings. The third-order valence-electron chi connectivity index (χ3n) is 2.62. The Balaban J connectivity index is 3.26. The first-order valence-electron chi connectivity index (χ1n) is 6.55. The average Bonchev–Trinajstić information content (AvgIpc) is 2.64. The monoisotopic (exact) mass is 285 g/mol. The number of carbonyl (C=O) groups is 1. The number of thiophene rings is 1. The second-order valence-corrected chi connectivity index (χ2v) is 5.59. The van der Waals surface area contributed by atoms with Gasteiger partial charge >= 0.3 is 0 Å². The van der Waals surface area contributed by atoms with Crippen molar-refractivity contribution in [3.8, 4) is 5.75 Å². The minimum absolute atomic E-state index is 0.00305. The van der Waals surface area contributed by atoms with Gasteiger partial charge in [0, 0.05) is 13.1 Å². The van der Waals surface area contributed by atoms with Gasteiger partial charge in [0.2, 0.25) is 0 Å². The molecule has 0 radical (unpaired) electrons. The van der Waals surface area contributed by atoms with E-state index in [1.54, 1.807) is 0 Å². The minimum Gasteiger partial charge on any atom is -0.486 e.